The molecule has 2 N–H and O–H groups in total. The summed E-state index contributed by atoms with van der Waals surface area (Å²) >= 11 is 0. The second-order valence-electron chi connectivity index (χ2n) is 7.05. The van der Waals surface area contributed by atoms with E-state index in [2.05, 4.69) is 15.7 Å². The molecule has 29 heavy (non-hydrogen) atoms. The van der Waals surface area contributed by atoms with Gasteiger partial charge < -0.3 is 10.6 Å². The minimum atomic E-state index is -0.416. The highest BCUT2D eigenvalue weighted by molar-refractivity contribution is 5.99. The first-order valence-corrected chi connectivity index (χ1v) is 9.59. The minimum absolute atomic E-state index is 0.0943. The van der Waals surface area contributed by atoms with Gasteiger partial charge in [-0.05, 0) is 43.7 Å². The van der Waals surface area contributed by atoms with Crippen LogP contribution < -0.4 is 10.6 Å². The van der Waals surface area contributed by atoms with Crippen molar-refractivity contribution in [3.05, 3.63) is 72.2 Å². The number of anilines is 1. The van der Waals surface area contributed by atoms with Crippen LogP contribution >= 0.6 is 0 Å². The van der Waals surface area contributed by atoms with Crippen LogP contribution in [0.4, 0.5) is 10.1 Å². The van der Waals surface area contributed by atoms with E-state index in [9.17, 15) is 14.0 Å². The summed E-state index contributed by atoms with van der Waals surface area (Å²) in [4.78, 5) is 25.5. The Morgan fingerprint density at radius 3 is 2.55 bits per heavy atom. The van der Waals surface area contributed by atoms with Gasteiger partial charge in [-0.25, -0.2) is 9.07 Å². The van der Waals surface area contributed by atoms with Gasteiger partial charge in [0.25, 0.3) is 5.91 Å². The summed E-state index contributed by atoms with van der Waals surface area (Å²) in [5.41, 5.74) is 2.08. The molecule has 148 valence electrons. The van der Waals surface area contributed by atoms with Crippen LogP contribution in [0.5, 0.6) is 0 Å². The lowest BCUT2D eigenvalue weighted by Crippen LogP contribution is -2.37. The molecular weight excluding hydrogens is 371 g/mol. The van der Waals surface area contributed by atoms with Crippen LogP contribution in [0.15, 0.2) is 60.8 Å². The summed E-state index contributed by atoms with van der Waals surface area (Å²) in [6, 6.07) is 14.6. The van der Waals surface area contributed by atoms with Gasteiger partial charge in [-0.15, -0.1) is 0 Å². The molecule has 6 nitrogen and oxygen atoms in total. The Hall–Kier alpha value is -3.32. The Labute approximate surface area is 167 Å². The number of carbonyl (C=O) groups is 2. The highest BCUT2D eigenvalue weighted by Gasteiger charge is 2.24. The maximum absolute atomic E-state index is 13.2. The smallest absolute Gasteiger partial charge is 0.278 e. The van der Waals surface area contributed by atoms with E-state index in [0.29, 0.717) is 23.5 Å². The van der Waals surface area contributed by atoms with Crippen molar-refractivity contribution < 1.29 is 14.0 Å². The fourth-order valence-electron chi connectivity index (χ4n) is 3.41. The molecule has 3 aromatic rings. The van der Waals surface area contributed by atoms with Gasteiger partial charge in [0, 0.05) is 17.7 Å². The molecule has 0 aliphatic carbocycles. The van der Waals surface area contributed by atoms with Crippen molar-refractivity contribution in [2.75, 3.05) is 18.4 Å². The number of hydrogen-bond acceptors (Lipinski definition) is 4. The number of halogens is 1. The molecule has 0 saturated carbocycles. The molecule has 0 spiro atoms. The number of amides is 1. The Balaban J connectivity index is 1.66. The van der Waals surface area contributed by atoms with Crippen molar-refractivity contribution in [2.24, 2.45) is 5.92 Å². The Morgan fingerprint density at radius 1 is 1.10 bits per heavy atom. The predicted octanol–water partition coefficient (Wildman–Crippen LogP) is 3.32. The van der Waals surface area contributed by atoms with Gasteiger partial charge in [0.1, 0.15) is 11.5 Å². The summed E-state index contributed by atoms with van der Waals surface area (Å²) in [5.74, 6) is -1.03. The molecule has 1 aliphatic heterocycles. The molecule has 7 heteroatoms. The predicted molar refractivity (Wildman–Crippen MR) is 108 cm³/mol. The van der Waals surface area contributed by atoms with E-state index in [-0.39, 0.29) is 11.8 Å². The first-order chi connectivity index (χ1) is 14.1. The molecule has 1 fully saturated rings. The highest BCUT2D eigenvalue weighted by Crippen LogP contribution is 2.27. The number of benzene rings is 2. The second-order valence-corrected chi connectivity index (χ2v) is 7.05. The third kappa shape index (κ3) is 4.25. The fourth-order valence-corrected chi connectivity index (χ4v) is 3.41. The monoisotopic (exact) mass is 392 g/mol. The van der Waals surface area contributed by atoms with Crippen molar-refractivity contribution in [2.45, 2.75) is 12.8 Å². The molecule has 2 aromatic carbocycles. The topological polar surface area (TPSA) is 76.0 Å². The molecule has 1 saturated heterocycles. The van der Waals surface area contributed by atoms with Crippen LogP contribution in [0.25, 0.3) is 11.3 Å². The van der Waals surface area contributed by atoms with Crippen LogP contribution in [0.3, 0.4) is 0 Å². The van der Waals surface area contributed by atoms with Gasteiger partial charge >= 0.3 is 0 Å². The first kappa shape index (κ1) is 19.0. The highest BCUT2D eigenvalue weighted by atomic mass is 19.1. The standard InChI is InChI=1S/C22H21FN4O2/c23-18-10-8-16(9-11-18)22(29)27-14-19(20(26-27)15-5-2-1-3-6-15)25-21(28)17-7-4-12-24-13-17/h1-3,5-6,8-11,14,17,24H,4,7,12-13H2,(H,25,28). The molecule has 0 bridgehead atoms. The number of nitrogens with zero attached hydrogens (tertiary/aromatic N) is 2. The third-order valence-corrected chi connectivity index (χ3v) is 4.99. The summed E-state index contributed by atoms with van der Waals surface area (Å²) in [5, 5.41) is 10.6. The van der Waals surface area contributed by atoms with E-state index < -0.39 is 11.7 Å². The minimum Gasteiger partial charge on any atom is -0.323 e. The lowest BCUT2D eigenvalue weighted by molar-refractivity contribution is -0.120. The van der Waals surface area contributed by atoms with Crippen molar-refractivity contribution in [3.63, 3.8) is 0 Å². The summed E-state index contributed by atoms with van der Waals surface area (Å²) in [6.45, 7) is 1.55. The second kappa shape index (κ2) is 8.36. The Kier molecular flexibility index (Phi) is 5.48. The quantitative estimate of drug-likeness (QED) is 0.714. The molecule has 1 amide bonds. The molecule has 1 aromatic heterocycles. The van der Waals surface area contributed by atoms with Gasteiger partial charge in [-0.2, -0.15) is 5.10 Å². The number of rotatable bonds is 4. The maximum atomic E-state index is 13.2. The average Bonchev–Trinajstić information content (AvgIpc) is 3.19. The number of piperidine rings is 1. The average molecular weight is 392 g/mol. The van der Waals surface area contributed by atoms with Gasteiger partial charge in [0.15, 0.2) is 0 Å². The van der Waals surface area contributed by atoms with Crippen LogP contribution in [0.1, 0.15) is 23.2 Å². The number of carbonyl (C=O) groups excluding carboxylic acids is 2. The molecule has 1 unspecified atom stereocenters. The summed E-state index contributed by atoms with van der Waals surface area (Å²) < 4.78 is 14.4. The van der Waals surface area contributed by atoms with Crippen LogP contribution in [-0.4, -0.2) is 34.7 Å². The van der Waals surface area contributed by atoms with Gasteiger partial charge in [-0.1, -0.05) is 30.3 Å². The van der Waals surface area contributed by atoms with Crippen LogP contribution in [-0.2, 0) is 4.79 Å². The Morgan fingerprint density at radius 2 is 1.86 bits per heavy atom. The fraction of sp³-hybridized carbons (Fsp3) is 0.227. The van der Waals surface area contributed by atoms with E-state index in [0.717, 1.165) is 24.9 Å². The van der Waals surface area contributed by atoms with E-state index in [1.165, 1.54) is 35.1 Å². The van der Waals surface area contributed by atoms with Crippen molar-refractivity contribution in [1.29, 1.82) is 0 Å². The molecular formula is C22H21FN4O2. The molecule has 4 rings (SSSR count). The zero-order chi connectivity index (χ0) is 20.2. The Bertz CT molecular complexity index is 1010. The summed E-state index contributed by atoms with van der Waals surface area (Å²) in [7, 11) is 0. The van der Waals surface area contributed by atoms with E-state index >= 15 is 0 Å². The SMILES string of the molecule is O=C(Nc1cn(C(=O)c2ccc(F)cc2)nc1-c1ccccc1)C1CCCNC1. The van der Waals surface area contributed by atoms with Crippen molar-refractivity contribution >= 4 is 17.5 Å². The van der Waals surface area contributed by atoms with Crippen LogP contribution in [0, 0.1) is 11.7 Å². The number of hydrogen-bond donors (Lipinski definition) is 2. The number of nitrogens with one attached hydrogen (secondary N) is 2. The lowest BCUT2D eigenvalue weighted by atomic mass is 9.98. The van der Waals surface area contributed by atoms with Crippen molar-refractivity contribution in [1.82, 2.24) is 15.1 Å². The van der Waals surface area contributed by atoms with Gasteiger partial charge in [0.05, 0.1) is 17.8 Å². The maximum Gasteiger partial charge on any atom is 0.278 e. The molecule has 1 aliphatic rings. The van der Waals surface area contributed by atoms with Gasteiger partial charge in [-0.3, -0.25) is 9.59 Å². The molecule has 0 radical (unpaired) electrons. The van der Waals surface area contributed by atoms with E-state index in [1.54, 1.807) is 0 Å². The number of aromatic nitrogens is 2. The lowest BCUT2D eigenvalue weighted by Gasteiger charge is -2.21. The zero-order valence-electron chi connectivity index (χ0n) is 15.8. The van der Waals surface area contributed by atoms with Gasteiger partial charge in [0.2, 0.25) is 5.91 Å². The first-order valence-electron chi connectivity index (χ1n) is 9.59. The molecule has 2 heterocycles. The summed E-state index contributed by atoms with van der Waals surface area (Å²) in [6.07, 6.45) is 3.29. The van der Waals surface area contributed by atoms with Crippen molar-refractivity contribution in [3.8, 4) is 11.3 Å². The van der Waals surface area contributed by atoms with E-state index in [1.807, 2.05) is 30.3 Å². The largest absolute Gasteiger partial charge is 0.323 e. The third-order valence-electron chi connectivity index (χ3n) is 4.99. The molecule has 1 atom stereocenters. The zero-order valence-corrected chi connectivity index (χ0v) is 15.8. The van der Waals surface area contributed by atoms with Crippen LogP contribution in [0.2, 0.25) is 0 Å². The van der Waals surface area contributed by atoms with E-state index in [4.69, 9.17) is 0 Å². The normalized spacial score (nSPS) is 16.4.